The van der Waals surface area contributed by atoms with Crippen LogP contribution in [0.3, 0.4) is 0 Å². The summed E-state index contributed by atoms with van der Waals surface area (Å²) in [4.78, 5) is 4.42. The van der Waals surface area contributed by atoms with Crippen LogP contribution in [0.15, 0.2) is 4.99 Å². The van der Waals surface area contributed by atoms with E-state index in [1.165, 1.54) is 0 Å². The highest BCUT2D eigenvalue weighted by Gasteiger charge is 2.22. The summed E-state index contributed by atoms with van der Waals surface area (Å²) >= 11 is 1.78. The second kappa shape index (κ2) is 6.53. The van der Waals surface area contributed by atoms with Crippen molar-refractivity contribution in [1.82, 2.24) is 5.32 Å². The fourth-order valence-corrected chi connectivity index (χ4v) is 3.06. The maximum Gasteiger partial charge on any atom is 0.156 e. The molecule has 1 heterocycles. The minimum atomic E-state index is -0.689. The van der Waals surface area contributed by atoms with E-state index >= 15 is 0 Å². The average Bonchev–Trinajstić information content (AvgIpc) is 2.66. The van der Waals surface area contributed by atoms with Crippen LogP contribution in [-0.4, -0.2) is 39.2 Å². The van der Waals surface area contributed by atoms with Crippen LogP contribution in [0, 0.1) is 5.92 Å². The number of hydrogen-bond donors (Lipinski definition) is 1. The van der Waals surface area contributed by atoms with Gasteiger partial charge in [-0.2, -0.15) is 0 Å². The Kier molecular flexibility index (Phi) is 5.68. The number of aliphatic imine (C=N–C) groups is 1. The molecule has 0 spiro atoms. The van der Waals surface area contributed by atoms with E-state index in [1.807, 2.05) is 6.92 Å². The van der Waals surface area contributed by atoms with Crippen molar-refractivity contribution in [3.8, 4) is 0 Å². The molecule has 0 bridgehead atoms. The Bertz CT molecular complexity index is 254. The molecule has 15 heavy (non-hydrogen) atoms. The quantitative estimate of drug-likeness (QED) is 0.801. The van der Waals surface area contributed by atoms with Gasteiger partial charge in [0.1, 0.15) is 0 Å². The lowest BCUT2D eigenvalue weighted by atomic mass is 10.1. The van der Waals surface area contributed by atoms with Gasteiger partial charge in [0.05, 0.1) is 6.54 Å². The first-order valence-corrected chi connectivity index (χ1v) is 7.89. The highest BCUT2D eigenvalue weighted by molar-refractivity contribution is 8.14. The lowest BCUT2D eigenvalue weighted by molar-refractivity contribution is 0.503. The van der Waals surface area contributed by atoms with Crippen LogP contribution in [0.2, 0.25) is 0 Å². The molecule has 88 valence electrons. The van der Waals surface area contributed by atoms with Crippen LogP contribution < -0.4 is 5.32 Å². The molecule has 1 rings (SSSR count). The molecule has 0 aromatic rings. The number of amidine groups is 1. The van der Waals surface area contributed by atoms with Gasteiger partial charge in [-0.15, -0.1) is 0 Å². The molecule has 0 saturated carbocycles. The molecule has 0 aromatic carbocycles. The van der Waals surface area contributed by atoms with Gasteiger partial charge in [-0.1, -0.05) is 32.5 Å². The summed E-state index contributed by atoms with van der Waals surface area (Å²) in [5, 5.41) is 4.43. The van der Waals surface area contributed by atoms with Crippen LogP contribution in [0.1, 0.15) is 20.8 Å². The van der Waals surface area contributed by atoms with Gasteiger partial charge in [-0.3, -0.25) is 9.20 Å². The molecule has 1 unspecified atom stereocenters. The van der Waals surface area contributed by atoms with Crippen molar-refractivity contribution >= 4 is 27.7 Å². The number of hydrogen-bond acceptors (Lipinski definition) is 3. The lowest BCUT2D eigenvalue weighted by Gasteiger charge is -2.12. The van der Waals surface area contributed by atoms with E-state index < -0.39 is 10.8 Å². The number of rotatable bonds is 5. The first kappa shape index (κ1) is 13.0. The zero-order chi connectivity index (χ0) is 11.3. The van der Waals surface area contributed by atoms with Gasteiger partial charge in [0.25, 0.3) is 0 Å². The maximum absolute atomic E-state index is 11.2. The van der Waals surface area contributed by atoms with E-state index in [1.54, 1.807) is 11.8 Å². The minimum absolute atomic E-state index is 0.547. The number of nitrogens with one attached hydrogen (secondary N) is 1. The van der Waals surface area contributed by atoms with Crippen molar-refractivity contribution in [2.75, 3.05) is 23.8 Å². The van der Waals surface area contributed by atoms with E-state index in [0.29, 0.717) is 24.3 Å². The Morgan fingerprint density at radius 1 is 1.67 bits per heavy atom. The molecule has 1 aliphatic rings. The molecule has 1 saturated heterocycles. The summed E-state index contributed by atoms with van der Waals surface area (Å²) in [6.07, 6.45) is 0. The molecule has 5 heteroatoms. The van der Waals surface area contributed by atoms with Crippen molar-refractivity contribution < 1.29 is 4.21 Å². The topological polar surface area (TPSA) is 41.5 Å². The molecule has 1 N–H and O–H groups in total. The highest BCUT2D eigenvalue weighted by Crippen LogP contribution is 2.18. The SMILES string of the molecule is CCS(=O)CCN=C1N[C@@H](C(C)C)CS1. The molecule has 0 radical (unpaired) electrons. The second-order valence-corrected chi connectivity index (χ2v) is 6.80. The highest BCUT2D eigenvalue weighted by atomic mass is 32.2. The van der Waals surface area contributed by atoms with Crippen LogP contribution in [0.4, 0.5) is 0 Å². The molecule has 1 fully saturated rings. The van der Waals surface area contributed by atoms with Gasteiger partial charge in [-0.05, 0) is 5.92 Å². The molecule has 2 atom stereocenters. The van der Waals surface area contributed by atoms with Gasteiger partial charge in [0, 0.05) is 34.1 Å². The molecule has 0 aliphatic carbocycles. The third-order valence-electron chi connectivity index (χ3n) is 2.41. The minimum Gasteiger partial charge on any atom is -0.361 e. The average molecular weight is 248 g/mol. The summed E-state index contributed by atoms with van der Waals surface area (Å²) in [5.74, 6) is 3.18. The fraction of sp³-hybridized carbons (Fsp3) is 0.900. The van der Waals surface area contributed by atoms with E-state index in [2.05, 4.69) is 24.2 Å². The van der Waals surface area contributed by atoms with E-state index in [9.17, 15) is 4.21 Å². The van der Waals surface area contributed by atoms with Gasteiger partial charge < -0.3 is 5.32 Å². The molecular weight excluding hydrogens is 228 g/mol. The molecule has 1 aliphatic heterocycles. The van der Waals surface area contributed by atoms with Gasteiger partial charge in [-0.25, -0.2) is 0 Å². The standard InChI is InChI=1S/C10H20N2OS2/c1-4-15(13)6-5-11-10-12-9(7-14-10)8(2)3/h8-9H,4-7H2,1-3H3,(H,11,12)/t9-,15?/m1/s1. The fourth-order valence-electron chi connectivity index (χ4n) is 1.25. The summed E-state index contributed by atoms with van der Waals surface area (Å²) in [6, 6.07) is 0.547. The smallest absolute Gasteiger partial charge is 0.156 e. The summed E-state index contributed by atoms with van der Waals surface area (Å²) < 4.78 is 11.2. The van der Waals surface area contributed by atoms with Crippen LogP contribution in [0.5, 0.6) is 0 Å². The first-order chi connectivity index (χ1) is 7.13. The Hall–Kier alpha value is -0.0300. The van der Waals surface area contributed by atoms with Crippen molar-refractivity contribution in [2.24, 2.45) is 10.9 Å². The normalized spacial score (nSPS) is 25.9. The van der Waals surface area contributed by atoms with Gasteiger partial charge in [0.15, 0.2) is 5.17 Å². The number of nitrogens with zero attached hydrogens (tertiary/aromatic N) is 1. The molecular formula is C10H20N2OS2. The lowest BCUT2D eigenvalue weighted by Crippen LogP contribution is -2.31. The number of thioether (sulfide) groups is 1. The predicted octanol–water partition coefficient (Wildman–Crippen LogP) is 1.47. The Morgan fingerprint density at radius 2 is 2.40 bits per heavy atom. The van der Waals surface area contributed by atoms with Crippen molar-refractivity contribution in [3.05, 3.63) is 0 Å². The largest absolute Gasteiger partial charge is 0.361 e. The zero-order valence-corrected chi connectivity index (χ0v) is 11.3. The van der Waals surface area contributed by atoms with Crippen LogP contribution in [0.25, 0.3) is 0 Å². The van der Waals surface area contributed by atoms with Gasteiger partial charge in [0.2, 0.25) is 0 Å². The molecule has 0 aromatic heterocycles. The van der Waals surface area contributed by atoms with Crippen molar-refractivity contribution in [3.63, 3.8) is 0 Å². The van der Waals surface area contributed by atoms with E-state index in [-0.39, 0.29) is 0 Å². The first-order valence-electron chi connectivity index (χ1n) is 5.42. The summed E-state index contributed by atoms with van der Waals surface area (Å²) in [5.41, 5.74) is 0. The Morgan fingerprint density at radius 3 is 2.93 bits per heavy atom. The third kappa shape index (κ3) is 4.55. The van der Waals surface area contributed by atoms with Crippen molar-refractivity contribution in [2.45, 2.75) is 26.8 Å². The second-order valence-electron chi connectivity index (χ2n) is 3.93. The zero-order valence-electron chi connectivity index (χ0n) is 9.66. The van der Waals surface area contributed by atoms with Crippen LogP contribution >= 0.6 is 11.8 Å². The third-order valence-corrected chi connectivity index (χ3v) is 4.74. The Balaban J connectivity index is 2.27. The molecule has 3 nitrogen and oxygen atoms in total. The molecule has 0 amide bonds. The van der Waals surface area contributed by atoms with Gasteiger partial charge >= 0.3 is 0 Å². The van der Waals surface area contributed by atoms with Crippen LogP contribution in [-0.2, 0) is 10.8 Å². The summed E-state index contributed by atoms with van der Waals surface area (Å²) in [7, 11) is -0.689. The van der Waals surface area contributed by atoms with E-state index in [0.717, 1.165) is 16.7 Å². The van der Waals surface area contributed by atoms with Crippen molar-refractivity contribution in [1.29, 1.82) is 0 Å². The monoisotopic (exact) mass is 248 g/mol. The predicted molar refractivity (Wildman–Crippen MR) is 70.1 cm³/mol. The maximum atomic E-state index is 11.2. The van der Waals surface area contributed by atoms with E-state index in [4.69, 9.17) is 0 Å². The summed E-state index contributed by atoms with van der Waals surface area (Å²) in [6.45, 7) is 7.06. The Labute approximate surface area is 99.0 Å².